The minimum absolute atomic E-state index is 0.174. The highest BCUT2D eigenvalue weighted by atomic mass is 32.1. The Kier molecular flexibility index (Phi) is 4.85. The predicted octanol–water partition coefficient (Wildman–Crippen LogP) is 2.98. The zero-order valence-corrected chi connectivity index (χ0v) is 14.3. The number of nitrogens with zero attached hydrogens (tertiary/aromatic N) is 4. The fourth-order valence-corrected chi connectivity index (χ4v) is 3.60. The Hall–Kier alpha value is -2.02. The van der Waals surface area contributed by atoms with Crippen LogP contribution < -0.4 is 10.2 Å². The van der Waals surface area contributed by atoms with Crippen molar-refractivity contribution in [2.45, 2.75) is 33.1 Å². The second kappa shape index (κ2) is 7.04. The third-order valence-electron chi connectivity index (χ3n) is 3.71. The number of pyridine rings is 1. The van der Waals surface area contributed by atoms with Gasteiger partial charge in [-0.1, -0.05) is 25.2 Å². The largest absolute Gasteiger partial charge is 0.356 e. The van der Waals surface area contributed by atoms with Crippen molar-refractivity contribution in [1.29, 1.82) is 0 Å². The first-order valence-electron chi connectivity index (χ1n) is 7.97. The second-order valence-electron chi connectivity index (χ2n) is 6.12. The third-order valence-corrected chi connectivity index (χ3v) is 4.57. The maximum Gasteiger partial charge on any atom is 0.261 e. The van der Waals surface area contributed by atoms with E-state index in [4.69, 9.17) is 0 Å². The molecule has 3 rings (SSSR count). The smallest absolute Gasteiger partial charge is 0.261 e. The first-order chi connectivity index (χ1) is 11.1. The number of hydrogen-bond acceptors (Lipinski definition) is 6. The van der Waals surface area contributed by atoms with Gasteiger partial charge >= 0.3 is 0 Å². The molecule has 1 fully saturated rings. The van der Waals surface area contributed by atoms with Crippen LogP contribution in [0.5, 0.6) is 0 Å². The van der Waals surface area contributed by atoms with Crippen LogP contribution in [0.25, 0.3) is 0 Å². The molecular weight excluding hydrogens is 310 g/mol. The van der Waals surface area contributed by atoms with Crippen LogP contribution in [0, 0.1) is 5.92 Å². The van der Waals surface area contributed by atoms with Gasteiger partial charge in [-0.25, -0.2) is 4.98 Å². The molecule has 0 aliphatic carbocycles. The van der Waals surface area contributed by atoms with Crippen molar-refractivity contribution in [3.63, 3.8) is 0 Å². The van der Waals surface area contributed by atoms with Gasteiger partial charge in [0.05, 0.1) is 5.56 Å². The van der Waals surface area contributed by atoms with Crippen LogP contribution in [0.1, 0.15) is 42.1 Å². The van der Waals surface area contributed by atoms with Crippen molar-refractivity contribution in [1.82, 2.24) is 15.2 Å². The molecule has 1 amide bonds. The van der Waals surface area contributed by atoms with Gasteiger partial charge in [-0.05, 0) is 30.9 Å². The lowest BCUT2D eigenvalue weighted by atomic mass is 10.1. The normalized spacial score (nSPS) is 14.5. The minimum atomic E-state index is -0.174. The van der Waals surface area contributed by atoms with E-state index in [-0.39, 0.29) is 5.91 Å². The monoisotopic (exact) mass is 331 g/mol. The summed E-state index contributed by atoms with van der Waals surface area (Å²) in [7, 11) is 0. The summed E-state index contributed by atoms with van der Waals surface area (Å²) >= 11 is 1.43. The Morgan fingerprint density at radius 1 is 1.35 bits per heavy atom. The summed E-state index contributed by atoms with van der Waals surface area (Å²) in [5, 5.41) is 12.5. The molecule has 3 heterocycles. The van der Waals surface area contributed by atoms with Crippen LogP contribution in [0.3, 0.4) is 0 Å². The van der Waals surface area contributed by atoms with Crippen LogP contribution in [0.2, 0.25) is 0 Å². The van der Waals surface area contributed by atoms with E-state index in [0.29, 0.717) is 16.6 Å². The van der Waals surface area contributed by atoms with Gasteiger partial charge in [0.15, 0.2) is 0 Å². The van der Waals surface area contributed by atoms with E-state index in [1.807, 2.05) is 6.07 Å². The number of nitrogens with one attached hydrogen (secondary N) is 1. The molecule has 7 heteroatoms. The van der Waals surface area contributed by atoms with Gasteiger partial charge in [0.1, 0.15) is 10.8 Å². The van der Waals surface area contributed by atoms with E-state index in [9.17, 15) is 4.79 Å². The van der Waals surface area contributed by atoms with Crippen LogP contribution in [-0.4, -0.2) is 34.2 Å². The lowest BCUT2D eigenvalue weighted by molar-refractivity contribution is 0.102. The molecule has 0 radical (unpaired) electrons. The summed E-state index contributed by atoms with van der Waals surface area (Å²) in [5.41, 5.74) is 0.593. The number of hydrogen-bond donors (Lipinski definition) is 1. The quantitative estimate of drug-likeness (QED) is 0.912. The first-order valence-corrected chi connectivity index (χ1v) is 8.79. The summed E-state index contributed by atoms with van der Waals surface area (Å²) < 4.78 is 0. The first kappa shape index (κ1) is 15.9. The van der Waals surface area contributed by atoms with Gasteiger partial charge in [-0.15, -0.1) is 10.2 Å². The van der Waals surface area contributed by atoms with Crippen molar-refractivity contribution in [2.24, 2.45) is 5.92 Å². The highest BCUT2D eigenvalue weighted by Crippen LogP contribution is 2.24. The van der Waals surface area contributed by atoms with E-state index in [0.717, 1.165) is 43.2 Å². The maximum atomic E-state index is 12.6. The number of rotatable bonds is 5. The van der Waals surface area contributed by atoms with Crippen molar-refractivity contribution >= 4 is 28.2 Å². The van der Waals surface area contributed by atoms with E-state index < -0.39 is 0 Å². The van der Waals surface area contributed by atoms with Crippen LogP contribution in [0.15, 0.2) is 18.3 Å². The third kappa shape index (κ3) is 3.85. The summed E-state index contributed by atoms with van der Waals surface area (Å²) in [6.45, 7) is 6.18. The zero-order chi connectivity index (χ0) is 16.2. The summed E-state index contributed by atoms with van der Waals surface area (Å²) in [4.78, 5) is 19.2. The molecule has 1 aliphatic heterocycles. The Labute approximate surface area is 140 Å². The maximum absolute atomic E-state index is 12.6. The Morgan fingerprint density at radius 3 is 2.87 bits per heavy atom. The SMILES string of the molecule is CC(C)Cc1nnc(NC(=O)c2cccnc2N2CCCC2)s1. The number of carbonyl (C=O) groups is 1. The molecular formula is C16H21N5OS. The molecule has 0 atom stereocenters. The van der Waals surface area contributed by atoms with Gasteiger partial charge in [0, 0.05) is 25.7 Å². The molecule has 0 bridgehead atoms. The van der Waals surface area contributed by atoms with E-state index >= 15 is 0 Å². The summed E-state index contributed by atoms with van der Waals surface area (Å²) in [5.74, 6) is 1.10. The number of aromatic nitrogens is 3. The zero-order valence-electron chi connectivity index (χ0n) is 13.5. The summed E-state index contributed by atoms with van der Waals surface area (Å²) in [6, 6.07) is 3.60. The number of amides is 1. The van der Waals surface area contributed by atoms with Gasteiger partial charge in [0.25, 0.3) is 5.91 Å². The van der Waals surface area contributed by atoms with Crippen molar-refractivity contribution < 1.29 is 4.79 Å². The highest BCUT2D eigenvalue weighted by Gasteiger charge is 2.21. The summed E-state index contributed by atoms with van der Waals surface area (Å²) in [6.07, 6.45) is 4.90. The van der Waals surface area contributed by atoms with E-state index in [1.165, 1.54) is 11.3 Å². The standard InChI is InChI=1S/C16H21N5OS/c1-11(2)10-13-19-20-16(23-13)18-15(22)12-6-5-7-17-14(12)21-8-3-4-9-21/h5-7,11H,3-4,8-10H2,1-2H3,(H,18,20,22). The van der Waals surface area contributed by atoms with Gasteiger partial charge in [-0.2, -0.15) is 0 Å². The molecule has 2 aromatic heterocycles. The molecule has 0 aromatic carbocycles. The van der Waals surface area contributed by atoms with Gasteiger partial charge in [-0.3, -0.25) is 10.1 Å². The predicted molar refractivity (Wildman–Crippen MR) is 92.1 cm³/mol. The Balaban J connectivity index is 1.74. The minimum Gasteiger partial charge on any atom is -0.356 e. The Bertz CT molecular complexity index is 679. The lowest BCUT2D eigenvalue weighted by Crippen LogP contribution is -2.24. The molecule has 122 valence electrons. The molecule has 1 aliphatic rings. The van der Waals surface area contributed by atoms with Crippen molar-refractivity contribution in [3.8, 4) is 0 Å². The number of carbonyl (C=O) groups excluding carboxylic acids is 1. The van der Waals surface area contributed by atoms with E-state index in [2.05, 4.69) is 39.2 Å². The van der Waals surface area contributed by atoms with E-state index in [1.54, 1.807) is 12.3 Å². The topological polar surface area (TPSA) is 71.0 Å². The van der Waals surface area contributed by atoms with Gasteiger partial charge < -0.3 is 4.90 Å². The van der Waals surface area contributed by atoms with Crippen LogP contribution >= 0.6 is 11.3 Å². The second-order valence-corrected chi connectivity index (χ2v) is 7.18. The molecule has 0 saturated carbocycles. The highest BCUT2D eigenvalue weighted by molar-refractivity contribution is 7.15. The molecule has 2 aromatic rings. The molecule has 6 nitrogen and oxygen atoms in total. The lowest BCUT2D eigenvalue weighted by Gasteiger charge is -2.18. The molecule has 1 saturated heterocycles. The van der Waals surface area contributed by atoms with Crippen molar-refractivity contribution in [3.05, 3.63) is 28.9 Å². The fraction of sp³-hybridized carbons (Fsp3) is 0.500. The fourth-order valence-electron chi connectivity index (χ4n) is 2.66. The number of anilines is 2. The van der Waals surface area contributed by atoms with Crippen LogP contribution in [0.4, 0.5) is 10.9 Å². The molecule has 23 heavy (non-hydrogen) atoms. The van der Waals surface area contributed by atoms with Crippen molar-refractivity contribution in [2.75, 3.05) is 23.3 Å². The van der Waals surface area contributed by atoms with Crippen LogP contribution in [-0.2, 0) is 6.42 Å². The molecule has 0 spiro atoms. The average molecular weight is 331 g/mol. The van der Waals surface area contributed by atoms with Gasteiger partial charge in [0.2, 0.25) is 5.13 Å². The molecule has 1 N–H and O–H groups in total. The Morgan fingerprint density at radius 2 is 2.13 bits per heavy atom. The molecule has 0 unspecified atom stereocenters. The average Bonchev–Trinajstić information content (AvgIpc) is 3.18.